The first-order valence-corrected chi connectivity index (χ1v) is 9.20. The molecule has 2 aromatic carbocycles. The van der Waals surface area contributed by atoms with E-state index in [4.69, 9.17) is 9.47 Å². The van der Waals surface area contributed by atoms with Crippen molar-refractivity contribution < 1.29 is 19.1 Å². The Hall–Kier alpha value is -2.72. The zero-order valence-electron chi connectivity index (χ0n) is 15.7. The molecule has 0 aliphatic heterocycles. The van der Waals surface area contributed by atoms with E-state index in [1.165, 1.54) is 0 Å². The van der Waals surface area contributed by atoms with E-state index in [0.29, 0.717) is 18.6 Å². The molecule has 2 rings (SSSR count). The van der Waals surface area contributed by atoms with Crippen LogP contribution in [0, 0.1) is 0 Å². The fraction of sp³-hybridized carbons (Fsp3) is 0.304. The smallest absolute Gasteiger partial charge is 0.293 e. The molecule has 0 saturated heterocycles. The van der Waals surface area contributed by atoms with Crippen molar-refractivity contribution in [2.45, 2.75) is 31.8 Å². The fourth-order valence-corrected chi connectivity index (χ4v) is 2.85. The number of allylic oxidation sites excluding steroid dienone is 1. The van der Waals surface area contributed by atoms with Crippen LogP contribution in [0.3, 0.4) is 0 Å². The van der Waals surface area contributed by atoms with E-state index in [-0.39, 0.29) is 11.9 Å². The summed E-state index contributed by atoms with van der Waals surface area (Å²) in [4.78, 5) is 22.2. The third kappa shape index (κ3) is 7.19. The highest BCUT2D eigenvalue weighted by molar-refractivity contribution is 6.06. The van der Waals surface area contributed by atoms with Crippen molar-refractivity contribution in [2.24, 2.45) is 0 Å². The number of unbranched alkanes of at least 4 members (excludes halogenated alkanes) is 2. The Morgan fingerprint density at radius 2 is 1.74 bits per heavy atom. The first-order valence-electron chi connectivity index (χ1n) is 9.20. The van der Waals surface area contributed by atoms with Crippen molar-refractivity contribution in [2.75, 3.05) is 13.7 Å². The second kappa shape index (κ2) is 11.8. The monoisotopic (exact) mass is 366 g/mol. The Bertz CT molecular complexity index is 720. The molecule has 142 valence electrons. The molecule has 0 aromatic heterocycles. The number of hydrogen-bond acceptors (Lipinski definition) is 4. The quantitative estimate of drug-likeness (QED) is 0.229. The highest BCUT2D eigenvalue weighted by Crippen LogP contribution is 2.24. The second-order valence-electron chi connectivity index (χ2n) is 6.27. The number of carbonyl (C=O) groups is 2. The number of methoxy groups -OCH3 is 1. The zero-order valence-corrected chi connectivity index (χ0v) is 15.7. The van der Waals surface area contributed by atoms with E-state index in [2.05, 4.69) is 0 Å². The third-order valence-electron chi connectivity index (χ3n) is 4.37. The molecular formula is C23H26O4. The van der Waals surface area contributed by atoms with Crippen LogP contribution in [0.1, 0.15) is 53.3 Å². The summed E-state index contributed by atoms with van der Waals surface area (Å²) in [5.41, 5.74) is 2.78. The Morgan fingerprint density at radius 1 is 1.00 bits per heavy atom. The standard InChI is InChI=1S/C23H26O4/c1-26-23(10-6-3-7-17-27-18-24)21-14-11-19(12-15-21)13-16-22(25)20-8-4-2-5-9-20/h2,4-5,8-9,11-16,18,23H,3,6-7,10,17H2,1H3/b16-13+. The Labute approximate surface area is 160 Å². The minimum absolute atomic E-state index is 0.00648. The van der Waals surface area contributed by atoms with Crippen molar-refractivity contribution in [3.63, 3.8) is 0 Å². The zero-order chi connectivity index (χ0) is 19.3. The van der Waals surface area contributed by atoms with Gasteiger partial charge in [0.2, 0.25) is 0 Å². The summed E-state index contributed by atoms with van der Waals surface area (Å²) in [5, 5.41) is 0. The second-order valence-corrected chi connectivity index (χ2v) is 6.27. The molecule has 0 spiro atoms. The van der Waals surface area contributed by atoms with Gasteiger partial charge in [0.05, 0.1) is 12.7 Å². The molecule has 4 heteroatoms. The molecule has 0 fully saturated rings. The van der Waals surface area contributed by atoms with Gasteiger partial charge in [-0.3, -0.25) is 9.59 Å². The molecule has 0 aliphatic rings. The summed E-state index contributed by atoms with van der Waals surface area (Å²) in [5.74, 6) is -0.00648. The van der Waals surface area contributed by atoms with Gasteiger partial charge in [-0.25, -0.2) is 0 Å². The molecule has 0 bridgehead atoms. The van der Waals surface area contributed by atoms with Crippen LogP contribution in [0.25, 0.3) is 6.08 Å². The topological polar surface area (TPSA) is 52.6 Å². The summed E-state index contributed by atoms with van der Waals surface area (Å²) in [6.45, 7) is 0.964. The number of rotatable bonds is 12. The van der Waals surface area contributed by atoms with Crippen molar-refractivity contribution in [3.8, 4) is 0 Å². The van der Waals surface area contributed by atoms with E-state index in [1.807, 2.05) is 60.7 Å². The maximum atomic E-state index is 12.1. The van der Waals surface area contributed by atoms with Crippen molar-refractivity contribution in [3.05, 3.63) is 77.4 Å². The average molecular weight is 366 g/mol. The maximum absolute atomic E-state index is 12.1. The molecule has 0 radical (unpaired) electrons. The molecule has 27 heavy (non-hydrogen) atoms. The summed E-state index contributed by atoms with van der Waals surface area (Å²) >= 11 is 0. The number of ether oxygens (including phenoxy) is 2. The van der Waals surface area contributed by atoms with Crippen molar-refractivity contribution >= 4 is 18.3 Å². The minimum atomic E-state index is -0.00648. The fourth-order valence-electron chi connectivity index (χ4n) is 2.85. The van der Waals surface area contributed by atoms with Crippen LogP contribution in [-0.2, 0) is 14.3 Å². The largest absolute Gasteiger partial charge is 0.468 e. The molecule has 2 aromatic rings. The summed E-state index contributed by atoms with van der Waals surface area (Å²) in [6, 6.07) is 17.3. The predicted octanol–water partition coefficient (Wildman–Crippen LogP) is 5.00. The SMILES string of the molecule is COC(CCCCCOC=O)c1ccc(/C=C/C(=O)c2ccccc2)cc1. The Balaban J connectivity index is 1.86. The summed E-state index contributed by atoms with van der Waals surface area (Å²) in [6.07, 6.45) is 7.26. The van der Waals surface area contributed by atoms with Gasteiger partial charge in [0.25, 0.3) is 6.47 Å². The molecule has 0 aliphatic carbocycles. The highest BCUT2D eigenvalue weighted by Gasteiger charge is 2.10. The lowest BCUT2D eigenvalue weighted by Crippen LogP contribution is -2.02. The molecule has 0 saturated carbocycles. The molecule has 1 unspecified atom stereocenters. The molecular weight excluding hydrogens is 340 g/mol. The number of carbonyl (C=O) groups excluding carboxylic acids is 2. The van der Waals surface area contributed by atoms with Gasteiger partial charge in [-0.05, 0) is 36.5 Å². The maximum Gasteiger partial charge on any atom is 0.293 e. The Kier molecular flexibility index (Phi) is 9.01. The normalized spacial score (nSPS) is 12.0. The third-order valence-corrected chi connectivity index (χ3v) is 4.37. The van der Waals surface area contributed by atoms with E-state index in [1.54, 1.807) is 13.2 Å². The van der Waals surface area contributed by atoms with Crippen LogP contribution in [0.15, 0.2) is 60.7 Å². The van der Waals surface area contributed by atoms with Crippen LogP contribution in [0.5, 0.6) is 0 Å². The molecule has 4 nitrogen and oxygen atoms in total. The van der Waals surface area contributed by atoms with Crippen LogP contribution in [0.4, 0.5) is 0 Å². The lowest BCUT2D eigenvalue weighted by molar-refractivity contribution is -0.128. The van der Waals surface area contributed by atoms with Gasteiger partial charge in [0, 0.05) is 12.7 Å². The Morgan fingerprint density at radius 3 is 2.41 bits per heavy atom. The average Bonchev–Trinajstić information content (AvgIpc) is 2.73. The lowest BCUT2D eigenvalue weighted by atomic mass is 10.0. The molecule has 1 atom stereocenters. The van der Waals surface area contributed by atoms with Gasteiger partial charge in [0.15, 0.2) is 5.78 Å². The molecule has 0 heterocycles. The van der Waals surface area contributed by atoms with Gasteiger partial charge in [-0.15, -0.1) is 0 Å². The highest BCUT2D eigenvalue weighted by atomic mass is 16.5. The number of hydrogen-bond donors (Lipinski definition) is 0. The van der Waals surface area contributed by atoms with Gasteiger partial charge in [0.1, 0.15) is 0 Å². The number of ketones is 1. The predicted molar refractivity (Wildman–Crippen MR) is 106 cm³/mol. The lowest BCUT2D eigenvalue weighted by Gasteiger charge is -2.16. The van der Waals surface area contributed by atoms with E-state index in [0.717, 1.165) is 36.8 Å². The molecule has 0 amide bonds. The van der Waals surface area contributed by atoms with Crippen LogP contribution >= 0.6 is 0 Å². The minimum Gasteiger partial charge on any atom is -0.468 e. The van der Waals surface area contributed by atoms with Crippen LogP contribution < -0.4 is 0 Å². The van der Waals surface area contributed by atoms with E-state index >= 15 is 0 Å². The van der Waals surface area contributed by atoms with Gasteiger partial charge >= 0.3 is 0 Å². The van der Waals surface area contributed by atoms with Crippen LogP contribution in [0.2, 0.25) is 0 Å². The van der Waals surface area contributed by atoms with Gasteiger partial charge in [-0.2, -0.15) is 0 Å². The summed E-state index contributed by atoms with van der Waals surface area (Å²) in [7, 11) is 1.71. The molecule has 0 N–H and O–H groups in total. The first-order chi connectivity index (χ1) is 13.2. The number of benzene rings is 2. The summed E-state index contributed by atoms with van der Waals surface area (Å²) < 4.78 is 10.3. The van der Waals surface area contributed by atoms with Gasteiger partial charge in [-0.1, -0.05) is 67.1 Å². The van der Waals surface area contributed by atoms with E-state index in [9.17, 15) is 9.59 Å². The van der Waals surface area contributed by atoms with E-state index < -0.39 is 0 Å². The van der Waals surface area contributed by atoms with Crippen molar-refractivity contribution in [1.29, 1.82) is 0 Å². The van der Waals surface area contributed by atoms with Crippen molar-refractivity contribution in [1.82, 2.24) is 0 Å². The first kappa shape index (κ1) is 20.6. The van der Waals surface area contributed by atoms with Crippen LogP contribution in [-0.4, -0.2) is 26.0 Å². The van der Waals surface area contributed by atoms with Gasteiger partial charge < -0.3 is 9.47 Å².